The molecule has 0 radical (unpaired) electrons. The normalized spacial score (nSPS) is 16.1. The summed E-state index contributed by atoms with van der Waals surface area (Å²) in [6, 6.07) is 2.37. The van der Waals surface area contributed by atoms with E-state index in [1.807, 2.05) is 0 Å². The van der Waals surface area contributed by atoms with Crippen LogP contribution in [-0.2, 0) is 79.9 Å². The second-order valence-corrected chi connectivity index (χ2v) is 21.3. The van der Waals surface area contributed by atoms with Gasteiger partial charge in [-0.1, -0.05) is 32.4 Å². The Labute approximate surface area is 448 Å². The van der Waals surface area contributed by atoms with Gasteiger partial charge in [0.05, 0.1) is 41.8 Å². The molecule has 6 N–H and O–H groups in total. The van der Waals surface area contributed by atoms with E-state index in [0.717, 1.165) is 6.26 Å². The predicted octanol–water partition coefficient (Wildman–Crippen LogP) is 2.12. The topological polar surface area (TPSA) is 339 Å². The molecule has 7 heterocycles. The number of cyclic esters (lactones) is 1. The Kier molecular flexibility index (Phi) is 17.0. The number of benzene rings is 1. The number of halogens is 3. The molecule has 0 saturated carbocycles. The van der Waals surface area contributed by atoms with Gasteiger partial charge in [0.2, 0.25) is 51.0 Å². The lowest BCUT2D eigenvalue weighted by atomic mass is 9.85. The minimum atomic E-state index is -5.48. The fourth-order valence-electron chi connectivity index (χ4n) is 9.39. The first-order valence-electron chi connectivity index (χ1n) is 25.3. The molecule has 8 rings (SSSR count). The molecule has 3 aliphatic heterocycles. The number of unbranched alkanes of at least 4 members (excludes halogenated alkanes) is 3. The second kappa shape index (κ2) is 23.5. The minimum Gasteiger partial charge on any atom is -0.457 e. The van der Waals surface area contributed by atoms with E-state index in [1.54, 1.807) is 36.9 Å². The summed E-state index contributed by atoms with van der Waals surface area (Å²) < 4.78 is 88.1. The first kappa shape index (κ1) is 57.1. The Bertz CT molecular complexity index is 3390. The Morgan fingerprint density at radius 2 is 1.65 bits per heavy atom. The Balaban J connectivity index is 0.900. The molecule has 0 aliphatic carbocycles. The van der Waals surface area contributed by atoms with E-state index in [4.69, 9.17) is 29.7 Å². The number of nitrogens with two attached hydrogens (primary N) is 1. The van der Waals surface area contributed by atoms with Crippen LogP contribution in [-0.4, -0.2) is 123 Å². The van der Waals surface area contributed by atoms with Gasteiger partial charge in [0.1, 0.15) is 24.4 Å². The van der Waals surface area contributed by atoms with E-state index in [-0.39, 0.29) is 72.2 Å². The van der Waals surface area contributed by atoms with E-state index < -0.39 is 88.5 Å². The van der Waals surface area contributed by atoms with Crippen molar-refractivity contribution in [2.75, 3.05) is 26.1 Å². The van der Waals surface area contributed by atoms with Crippen molar-refractivity contribution in [2.24, 2.45) is 11.7 Å². The Hall–Kier alpha value is -8.08. The van der Waals surface area contributed by atoms with Crippen LogP contribution in [0.15, 0.2) is 46.7 Å². The van der Waals surface area contributed by atoms with Crippen molar-refractivity contribution >= 4 is 56.3 Å². The zero-order valence-corrected chi connectivity index (χ0v) is 44.2. The summed E-state index contributed by atoms with van der Waals surface area (Å²) in [6.07, 6.45) is 2.39. The maximum atomic E-state index is 14.2. The van der Waals surface area contributed by atoms with Crippen LogP contribution in [0.25, 0.3) is 33.5 Å². The van der Waals surface area contributed by atoms with Gasteiger partial charge < -0.3 is 50.5 Å². The summed E-state index contributed by atoms with van der Waals surface area (Å²) in [4.78, 5) is 106. The number of aromatic nitrogens is 7. The molecular weight excluding hydrogens is 1070 g/mol. The van der Waals surface area contributed by atoms with E-state index in [9.17, 15) is 55.2 Å². The third-order valence-electron chi connectivity index (χ3n) is 13.6. The lowest BCUT2D eigenvalue weighted by molar-refractivity contribution is -0.223. The monoisotopic (exact) mass is 1120 g/mol. The van der Waals surface area contributed by atoms with E-state index in [1.165, 1.54) is 30.0 Å². The SMILES string of the molecule is CC[C@@]1(OC(=O)C(F)(F)F)C(=O)OCc2c1cc1n(c2=O)Cc2c-1nc1cc3c(cc1c2CNC(=O)CNC(=O)[C@H](CCCCN)NC(=O)[C@@H](NC(=O)CCCCCn1cc(-c2cnc(S(C)(=O)=O)nc2)nn1)C(C)C)OCO3. The first-order valence-corrected chi connectivity index (χ1v) is 27.2. The van der Waals surface area contributed by atoms with Crippen molar-refractivity contribution in [3.05, 3.63) is 69.4 Å². The highest BCUT2D eigenvalue weighted by molar-refractivity contribution is 7.90. The van der Waals surface area contributed by atoms with Crippen LogP contribution in [0.3, 0.4) is 0 Å². The average molecular weight is 1120 g/mol. The fraction of sp³-hybridized carbons (Fsp3) is 0.480. The number of amides is 4. The fourth-order valence-corrected chi connectivity index (χ4v) is 9.88. The molecule has 5 aromatic rings. The number of nitrogens with zero attached hydrogens (tertiary/aromatic N) is 7. The molecule has 3 aliphatic rings. The van der Waals surface area contributed by atoms with E-state index >= 15 is 0 Å². The van der Waals surface area contributed by atoms with Crippen LogP contribution in [0, 0.1) is 5.92 Å². The van der Waals surface area contributed by atoms with E-state index in [2.05, 4.69) is 41.5 Å². The highest BCUT2D eigenvalue weighted by Gasteiger charge is 2.55. The number of carbonyl (C=O) groups excluding carboxylic acids is 6. The van der Waals surface area contributed by atoms with Crippen LogP contribution < -0.4 is 42.0 Å². The highest BCUT2D eigenvalue weighted by Crippen LogP contribution is 2.44. The Morgan fingerprint density at radius 3 is 2.33 bits per heavy atom. The van der Waals surface area contributed by atoms with Gasteiger partial charge >= 0.3 is 18.1 Å². The molecule has 0 saturated heterocycles. The number of aryl methyl sites for hydroxylation is 1. The smallest absolute Gasteiger partial charge is 0.457 e. The lowest BCUT2D eigenvalue weighted by Gasteiger charge is -2.35. The molecule has 25 nitrogen and oxygen atoms in total. The molecule has 29 heteroatoms. The predicted molar refractivity (Wildman–Crippen MR) is 270 cm³/mol. The Morgan fingerprint density at radius 1 is 0.911 bits per heavy atom. The lowest BCUT2D eigenvalue weighted by Crippen LogP contribution is -2.56. The molecule has 0 spiro atoms. The third kappa shape index (κ3) is 12.5. The maximum Gasteiger partial charge on any atom is 0.490 e. The number of fused-ring (bicyclic) bond motifs is 6. The summed E-state index contributed by atoms with van der Waals surface area (Å²) >= 11 is 0. The number of hydrogen-bond acceptors (Lipinski definition) is 19. The quantitative estimate of drug-likeness (QED) is 0.0348. The molecule has 3 atom stereocenters. The molecule has 4 aromatic heterocycles. The van der Waals surface area contributed by atoms with Crippen molar-refractivity contribution in [1.82, 2.24) is 55.8 Å². The van der Waals surface area contributed by atoms with Crippen molar-refractivity contribution < 1.29 is 69.3 Å². The maximum absolute atomic E-state index is 14.2. The van der Waals surface area contributed by atoms with Gasteiger partial charge in [-0.3, -0.25) is 28.7 Å². The number of alkyl halides is 3. The second-order valence-electron chi connectivity index (χ2n) is 19.4. The zero-order valence-electron chi connectivity index (χ0n) is 43.4. The number of nitrogens with one attached hydrogen (secondary N) is 4. The first-order chi connectivity index (χ1) is 37.5. The molecule has 0 unspecified atom stereocenters. The number of pyridine rings is 2. The highest BCUT2D eigenvalue weighted by atomic mass is 32.2. The van der Waals surface area contributed by atoms with Crippen LogP contribution in [0.1, 0.15) is 94.4 Å². The van der Waals surface area contributed by atoms with Gasteiger partial charge in [0.15, 0.2) is 11.5 Å². The molecule has 4 amide bonds. The number of ether oxygens (including phenoxy) is 4. The largest absolute Gasteiger partial charge is 0.490 e. The third-order valence-corrected chi connectivity index (χ3v) is 14.5. The van der Waals surface area contributed by atoms with Crippen LogP contribution in [0.4, 0.5) is 13.2 Å². The summed E-state index contributed by atoms with van der Waals surface area (Å²) in [5.74, 6) is -5.96. The van der Waals surface area contributed by atoms with Crippen LogP contribution >= 0.6 is 0 Å². The van der Waals surface area contributed by atoms with E-state index in [0.29, 0.717) is 90.0 Å². The van der Waals surface area contributed by atoms with Crippen LogP contribution in [0.5, 0.6) is 11.5 Å². The molecule has 0 fully saturated rings. The van der Waals surface area contributed by atoms with Gasteiger partial charge in [0, 0.05) is 66.3 Å². The van der Waals surface area contributed by atoms with Crippen molar-refractivity contribution in [2.45, 2.75) is 127 Å². The summed E-state index contributed by atoms with van der Waals surface area (Å²) in [7, 11) is -3.56. The average Bonchev–Trinajstić information content (AvgIpc) is 4.32. The number of carbonyl (C=O) groups is 6. The van der Waals surface area contributed by atoms with Gasteiger partial charge in [-0.05, 0) is 68.7 Å². The summed E-state index contributed by atoms with van der Waals surface area (Å²) in [6.45, 7) is 3.97. The molecule has 0 bridgehead atoms. The van der Waals surface area contributed by atoms with Gasteiger partial charge in [0.25, 0.3) is 5.56 Å². The molecule has 422 valence electrons. The standard InChI is InChI=1S/C50H57F3N12O13S/c1-5-49(78-47(72)50(51,52)53)32-16-36-42-30(22-65(36)45(70)31(32)24-75-46(49)71)29(28-15-37-38(77-25-76-37)17-34(28)59-42)20-55-40(67)21-56-43(68)33(11-8-9-13-54)60-44(69)41(26(2)3)61-39(66)12-7-6-10-14-64-23-35(62-63-64)27-18-57-48(58-19-27)79(4,73)74/h15-19,23,26,33,41H,5-14,20-22,24-25,54H2,1-4H3,(H,55,67)(H,56,68)(H,60,69)(H,61,66)/t33-,41-,49-/m0/s1. The zero-order chi connectivity index (χ0) is 57.0. The summed E-state index contributed by atoms with van der Waals surface area (Å²) in [5.41, 5.74) is 4.25. The molecule has 1 aromatic carbocycles. The van der Waals surface area contributed by atoms with Gasteiger partial charge in [-0.15, -0.1) is 5.10 Å². The number of sulfone groups is 1. The van der Waals surface area contributed by atoms with Crippen molar-refractivity contribution in [1.29, 1.82) is 0 Å². The minimum absolute atomic E-state index is 0.0829. The van der Waals surface area contributed by atoms with Crippen LogP contribution in [0.2, 0.25) is 0 Å². The van der Waals surface area contributed by atoms with Crippen molar-refractivity contribution in [3.8, 4) is 34.1 Å². The number of esters is 2. The number of hydrogen-bond donors (Lipinski definition) is 5. The molecule has 79 heavy (non-hydrogen) atoms. The number of rotatable bonds is 23. The van der Waals surface area contributed by atoms with Gasteiger partial charge in [-0.25, -0.2) is 33.0 Å². The summed E-state index contributed by atoms with van der Waals surface area (Å²) in [5, 5.41) is 19.3. The molecular formula is C50H57F3N12O13S. The van der Waals surface area contributed by atoms with Gasteiger partial charge in [-0.2, -0.15) is 13.2 Å². The van der Waals surface area contributed by atoms with Crippen molar-refractivity contribution in [3.63, 3.8) is 0 Å².